The van der Waals surface area contributed by atoms with E-state index in [4.69, 9.17) is 5.26 Å². The van der Waals surface area contributed by atoms with Gasteiger partial charge in [0.05, 0.1) is 12.5 Å². The Balaban J connectivity index is 3.04. The van der Waals surface area contributed by atoms with Crippen molar-refractivity contribution in [2.24, 2.45) is 0 Å². The number of benzene rings is 1. The predicted molar refractivity (Wildman–Crippen MR) is 45.1 cm³/mol. The molecule has 0 aliphatic carbocycles. The lowest BCUT2D eigenvalue weighted by molar-refractivity contribution is 0.625. The predicted octanol–water partition coefficient (Wildman–Crippen LogP) is 2.45. The van der Waals surface area contributed by atoms with Crippen molar-refractivity contribution < 1.29 is 4.39 Å². The van der Waals surface area contributed by atoms with Crippen LogP contribution in [0.1, 0.15) is 18.1 Å². The van der Waals surface area contributed by atoms with Crippen molar-refractivity contribution in [2.45, 2.75) is 19.8 Å². The van der Waals surface area contributed by atoms with E-state index in [0.29, 0.717) is 6.42 Å². The highest BCUT2D eigenvalue weighted by molar-refractivity contribution is 5.29. The maximum absolute atomic E-state index is 12.7. The van der Waals surface area contributed by atoms with Crippen molar-refractivity contribution >= 4 is 0 Å². The maximum Gasteiger partial charge on any atom is 0.123 e. The summed E-state index contributed by atoms with van der Waals surface area (Å²) < 4.78 is 12.7. The second-order valence-electron chi connectivity index (χ2n) is 2.60. The second kappa shape index (κ2) is 3.87. The molecule has 2 heteroatoms. The molecule has 0 bridgehead atoms. The molecule has 0 amide bonds. The van der Waals surface area contributed by atoms with Gasteiger partial charge in [0, 0.05) is 0 Å². The van der Waals surface area contributed by atoms with Crippen molar-refractivity contribution in [1.82, 2.24) is 0 Å². The second-order valence-corrected chi connectivity index (χ2v) is 2.60. The third kappa shape index (κ3) is 1.82. The van der Waals surface area contributed by atoms with Gasteiger partial charge in [0.25, 0.3) is 0 Å². The van der Waals surface area contributed by atoms with E-state index in [0.717, 1.165) is 17.5 Å². The van der Waals surface area contributed by atoms with Crippen molar-refractivity contribution in [2.75, 3.05) is 0 Å². The van der Waals surface area contributed by atoms with Gasteiger partial charge in [-0.2, -0.15) is 5.26 Å². The molecule has 0 aliphatic rings. The summed E-state index contributed by atoms with van der Waals surface area (Å²) in [4.78, 5) is 0. The van der Waals surface area contributed by atoms with Crippen LogP contribution in [0.2, 0.25) is 0 Å². The molecule has 0 fully saturated rings. The first-order valence-electron chi connectivity index (χ1n) is 3.92. The molecular formula is C10H10FN. The van der Waals surface area contributed by atoms with Gasteiger partial charge in [0.2, 0.25) is 0 Å². The van der Waals surface area contributed by atoms with Crippen LogP contribution < -0.4 is 0 Å². The van der Waals surface area contributed by atoms with Gasteiger partial charge in [-0.3, -0.25) is 0 Å². The Morgan fingerprint density at radius 2 is 2.17 bits per heavy atom. The normalized spacial score (nSPS) is 9.42. The largest absolute Gasteiger partial charge is 0.207 e. The van der Waals surface area contributed by atoms with Gasteiger partial charge in [0.1, 0.15) is 5.82 Å². The Morgan fingerprint density at radius 3 is 2.75 bits per heavy atom. The zero-order valence-corrected chi connectivity index (χ0v) is 6.97. The SMILES string of the molecule is CCc1cc(F)ccc1CC#N. The topological polar surface area (TPSA) is 23.8 Å². The highest BCUT2D eigenvalue weighted by atomic mass is 19.1. The molecule has 0 unspecified atom stereocenters. The summed E-state index contributed by atoms with van der Waals surface area (Å²) in [5, 5.41) is 8.47. The molecule has 62 valence electrons. The zero-order valence-electron chi connectivity index (χ0n) is 6.97. The molecule has 1 aromatic carbocycles. The summed E-state index contributed by atoms with van der Waals surface area (Å²) in [5.41, 5.74) is 1.86. The lowest BCUT2D eigenvalue weighted by Crippen LogP contribution is -1.92. The van der Waals surface area contributed by atoms with Crippen molar-refractivity contribution in [3.63, 3.8) is 0 Å². The molecule has 0 aromatic heterocycles. The minimum atomic E-state index is -0.228. The standard InChI is InChI=1S/C10H10FN/c1-2-8-7-10(11)4-3-9(8)5-6-12/h3-4,7H,2,5H2,1H3. The number of halogens is 1. The van der Waals surface area contributed by atoms with Crippen LogP contribution in [-0.4, -0.2) is 0 Å². The minimum absolute atomic E-state index is 0.228. The summed E-state index contributed by atoms with van der Waals surface area (Å²) in [6.45, 7) is 1.95. The summed E-state index contributed by atoms with van der Waals surface area (Å²) in [6.07, 6.45) is 1.14. The number of nitrogens with zero attached hydrogens (tertiary/aromatic N) is 1. The van der Waals surface area contributed by atoms with Crippen molar-refractivity contribution in [3.8, 4) is 6.07 Å². The van der Waals surface area contributed by atoms with Crippen LogP contribution in [0, 0.1) is 17.1 Å². The van der Waals surface area contributed by atoms with E-state index in [9.17, 15) is 4.39 Å². The number of hydrogen-bond donors (Lipinski definition) is 0. The Labute approximate surface area is 71.4 Å². The number of hydrogen-bond acceptors (Lipinski definition) is 1. The zero-order chi connectivity index (χ0) is 8.97. The summed E-state index contributed by atoms with van der Waals surface area (Å²) in [7, 11) is 0. The van der Waals surface area contributed by atoms with Crippen LogP contribution in [0.15, 0.2) is 18.2 Å². The summed E-state index contributed by atoms with van der Waals surface area (Å²) in [6, 6.07) is 6.62. The Hall–Kier alpha value is -1.36. The smallest absolute Gasteiger partial charge is 0.123 e. The molecule has 0 N–H and O–H groups in total. The van der Waals surface area contributed by atoms with Crippen LogP contribution in [0.3, 0.4) is 0 Å². The van der Waals surface area contributed by atoms with Gasteiger partial charge >= 0.3 is 0 Å². The molecule has 0 saturated carbocycles. The van der Waals surface area contributed by atoms with Gasteiger partial charge in [-0.25, -0.2) is 4.39 Å². The van der Waals surface area contributed by atoms with E-state index < -0.39 is 0 Å². The maximum atomic E-state index is 12.7. The quantitative estimate of drug-likeness (QED) is 0.657. The van der Waals surface area contributed by atoms with Crippen LogP contribution in [-0.2, 0) is 12.8 Å². The first-order chi connectivity index (χ1) is 5.77. The van der Waals surface area contributed by atoms with E-state index in [1.54, 1.807) is 6.07 Å². The molecule has 0 saturated heterocycles. The Morgan fingerprint density at radius 1 is 1.42 bits per heavy atom. The van der Waals surface area contributed by atoms with Crippen molar-refractivity contribution in [1.29, 1.82) is 5.26 Å². The van der Waals surface area contributed by atoms with Crippen LogP contribution in [0.25, 0.3) is 0 Å². The van der Waals surface area contributed by atoms with Gasteiger partial charge in [-0.05, 0) is 29.7 Å². The van der Waals surface area contributed by atoms with E-state index in [1.807, 2.05) is 6.92 Å². The molecule has 12 heavy (non-hydrogen) atoms. The molecule has 1 aromatic rings. The third-order valence-corrected chi connectivity index (χ3v) is 1.82. The van der Waals surface area contributed by atoms with E-state index in [1.165, 1.54) is 12.1 Å². The highest BCUT2D eigenvalue weighted by Gasteiger charge is 2.00. The summed E-state index contributed by atoms with van der Waals surface area (Å²) >= 11 is 0. The molecular weight excluding hydrogens is 153 g/mol. The lowest BCUT2D eigenvalue weighted by Gasteiger charge is -2.02. The van der Waals surface area contributed by atoms with E-state index in [2.05, 4.69) is 6.07 Å². The molecule has 0 atom stereocenters. The van der Waals surface area contributed by atoms with Gasteiger partial charge < -0.3 is 0 Å². The third-order valence-electron chi connectivity index (χ3n) is 1.82. The average Bonchev–Trinajstić information content (AvgIpc) is 2.08. The van der Waals surface area contributed by atoms with Gasteiger partial charge in [0.15, 0.2) is 0 Å². The number of rotatable bonds is 2. The fraction of sp³-hybridized carbons (Fsp3) is 0.300. The summed E-state index contributed by atoms with van der Waals surface area (Å²) in [5.74, 6) is -0.228. The molecule has 0 radical (unpaired) electrons. The minimum Gasteiger partial charge on any atom is -0.207 e. The number of nitriles is 1. The molecule has 0 spiro atoms. The van der Waals surface area contributed by atoms with Crippen LogP contribution in [0.4, 0.5) is 4.39 Å². The number of aryl methyl sites for hydroxylation is 1. The first-order valence-corrected chi connectivity index (χ1v) is 3.92. The Kier molecular flexibility index (Phi) is 2.82. The van der Waals surface area contributed by atoms with Crippen molar-refractivity contribution in [3.05, 3.63) is 35.1 Å². The van der Waals surface area contributed by atoms with E-state index >= 15 is 0 Å². The van der Waals surface area contributed by atoms with Gasteiger partial charge in [-0.15, -0.1) is 0 Å². The van der Waals surface area contributed by atoms with Gasteiger partial charge in [-0.1, -0.05) is 13.0 Å². The monoisotopic (exact) mass is 163 g/mol. The van der Waals surface area contributed by atoms with Crippen LogP contribution in [0.5, 0.6) is 0 Å². The van der Waals surface area contributed by atoms with Crippen LogP contribution >= 0.6 is 0 Å². The fourth-order valence-electron chi connectivity index (χ4n) is 1.18. The highest BCUT2D eigenvalue weighted by Crippen LogP contribution is 2.12. The Bertz CT molecular complexity index is 312. The lowest BCUT2D eigenvalue weighted by atomic mass is 10.0. The molecule has 0 aliphatic heterocycles. The molecule has 0 heterocycles. The first kappa shape index (κ1) is 8.73. The molecule has 1 nitrogen and oxygen atoms in total. The molecule has 1 rings (SSSR count). The average molecular weight is 163 g/mol. The van der Waals surface area contributed by atoms with E-state index in [-0.39, 0.29) is 5.82 Å². The fourth-order valence-corrected chi connectivity index (χ4v) is 1.18.